The highest BCUT2D eigenvalue weighted by Crippen LogP contribution is 2.69. The van der Waals surface area contributed by atoms with Crippen LogP contribution >= 0.6 is 0 Å². The molecular formula is C42H47NO. The average Bonchev–Trinajstić information content (AvgIpc) is 3.63. The van der Waals surface area contributed by atoms with Crippen molar-refractivity contribution in [2.24, 2.45) is 59.2 Å². The molecular weight excluding hydrogens is 534 g/mol. The van der Waals surface area contributed by atoms with Crippen LogP contribution in [0.15, 0.2) is 65.1 Å². The van der Waals surface area contributed by atoms with E-state index in [1.54, 1.807) is 32.1 Å². The van der Waals surface area contributed by atoms with Crippen LogP contribution in [-0.4, -0.2) is 4.57 Å². The van der Waals surface area contributed by atoms with Crippen molar-refractivity contribution in [3.8, 4) is 0 Å². The number of fused-ring (bicyclic) bond motifs is 13. The van der Waals surface area contributed by atoms with Crippen LogP contribution in [-0.2, 0) is 0 Å². The van der Waals surface area contributed by atoms with Crippen LogP contribution in [0.2, 0.25) is 0 Å². The van der Waals surface area contributed by atoms with Crippen molar-refractivity contribution in [1.82, 2.24) is 4.57 Å². The van der Waals surface area contributed by atoms with Crippen molar-refractivity contribution >= 4 is 43.7 Å². The monoisotopic (exact) mass is 581 g/mol. The summed E-state index contributed by atoms with van der Waals surface area (Å²) in [4.78, 5) is 0. The third-order valence-electron chi connectivity index (χ3n) is 15.2. The van der Waals surface area contributed by atoms with Gasteiger partial charge in [-0.15, -0.1) is 0 Å². The number of para-hydroxylation sites is 2. The summed E-state index contributed by atoms with van der Waals surface area (Å²) in [6.45, 7) is 0. The largest absolute Gasteiger partial charge is 0.455 e. The summed E-state index contributed by atoms with van der Waals surface area (Å²) in [5.41, 5.74) is 4.92. The lowest BCUT2D eigenvalue weighted by Gasteiger charge is -2.67. The Kier molecular flexibility index (Phi) is 5.44. The summed E-state index contributed by atoms with van der Waals surface area (Å²) < 4.78 is 9.46. The first kappa shape index (κ1) is 25.5. The predicted molar refractivity (Wildman–Crippen MR) is 181 cm³/mol. The van der Waals surface area contributed by atoms with Crippen molar-refractivity contribution in [3.63, 3.8) is 0 Å². The molecule has 44 heavy (non-hydrogen) atoms. The van der Waals surface area contributed by atoms with Gasteiger partial charge in [-0.25, -0.2) is 0 Å². The summed E-state index contributed by atoms with van der Waals surface area (Å²) in [7, 11) is 0. The van der Waals surface area contributed by atoms with Gasteiger partial charge in [0.15, 0.2) is 0 Å². The Bertz CT molecular complexity index is 1910. The lowest BCUT2D eigenvalue weighted by molar-refractivity contribution is -0.189. The summed E-state index contributed by atoms with van der Waals surface area (Å²) in [5.74, 6) is 10.5. The van der Waals surface area contributed by atoms with E-state index in [-0.39, 0.29) is 0 Å². The van der Waals surface area contributed by atoms with Crippen molar-refractivity contribution in [2.75, 3.05) is 0 Å². The highest BCUT2D eigenvalue weighted by molar-refractivity contribution is 6.23. The highest BCUT2D eigenvalue weighted by Gasteiger charge is 2.62. The molecule has 6 saturated carbocycles. The predicted octanol–water partition coefficient (Wildman–Crippen LogP) is 11.5. The third kappa shape index (κ3) is 3.29. The molecule has 2 heteroatoms. The molecule has 6 aliphatic carbocycles. The van der Waals surface area contributed by atoms with Gasteiger partial charge in [0.05, 0.1) is 10.9 Å². The fourth-order valence-corrected chi connectivity index (χ4v) is 14.1. The van der Waals surface area contributed by atoms with E-state index >= 15 is 0 Å². The number of aromatic nitrogens is 1. The van der Waals surface area contributed by atoms with Crippen LogP contribution in [0.4, 0.5) is 0 Å². The minimum Gasteiger partial charge on any atom is -0.455 e. The maximum atomic E-state index is 6.65. The van der Waals surface area contributed by atoms with Crippen molar-refractivity contribution in [1.29, 1.82) is 0 Å². The minimum atomic E-state index is 0.600. The molecule has 5 aromatic rings. The second kappa shape index (κ2) is 9.40. The van der Waals surface area contributed by atoms with Gasteiger partial charge in [-0.1, -0.05) is 62.1 Å². The zero-order valence-electron chi connectivity index (χ0n) is 26.2. The van der Waals surface area contributed by atoms with E-state index in [1.165, 1.54) is 83.9 Å². The molecule has 0 spiro atoms. The summed E-state index contributed by atoms with van der Waals surface area (Å²) in [5, 5.41) is 5.21. The second-order valence-electron chi connectivity index (χ2n) is 16.4. The normalized spacial score (nSPS) is 39.8. The van der Waals surface area contributed by atoms with E-state index in [4.69, 9.17) is 4.42 Å². The van der Waals surface area contributed by atoms with Crippen molar-refractivity contribution in [2.45, 2.75) is 89.5 Å². The maximum absolute atomic E-state index is 6.65. The van der Waals surface area contributed by atoms with E-state index in [0.717, 1.165) is 70.3 Å². The summed E-state index contributed by atoms with van der Waals surface area (Å²) in [6, 6.07) is 23.2. The number of rotatable bonds is 1. The molecule has 11 rings (SSSR count). The molecule has 3 aromatic carbocycles. The number of benzene rings is 3. The Balaban J connectivity index is 1.03. The molecule has 0 radical (unpaired) electrons. The molecule has 0 bridgehead atoms. The summed E-state index contributed by atoms with van der Waals surface area (Å²) in [6.07, 6.45) is 19.7. The maximum Gasteiger partial charge on any atom is 0.145 e. The van der Waals surface area contributed by atoms with Crippen molar-refractivity contribution < 1.29 is 4.42 Å². The van der Waals surface area contributed by atoms with E-state index in [0.29, 0.717) is 6.04 Å². The first-order valence-corrected chi connectivity index (χ1v) is 18.7. The molecule has 2 heterocycles. The molecule has 0 amide bonds. The van der Waals surface area contributed by atoms with E-state index in [9.17, 15) is 0 Å². The minimum absolute atomic E-state index is 0.600. The van der Waals surface area contributed by atoms with E-state index < -0.39 is 0 Å². The van der Waals surface area contributed by atoms with Crippen LogP contribution in [0.1, 0.15) is 89.5 Å². The molecule has 0 saturated heterocycles. The first-order chi connectivity index (χ1) is 21.8. The molecule has 2 nitrogen and oxygen atoms in total. The van der Waals surface area contributed by atoms with Gasteiger partial charge in [0.2, 0.25) is 0 Å². The van der Waals surface area contributed by atoms with Gasteiger partial charge < -0.3 is 8.98 Å². The van der Waals surface area contributed by atoms with Gasteiger partial charge >= 0.3 is 0 Å². The lowest BCUT2D eigenvalue weighted by atomic mass is 9.38. The fraction of sp³-hybridized carbons (Fsp3) is 0.571. The molecule has 11 atom stereocenters. The third-order valence-corrected chi connectivity index (χ3v) is 15.2. The smallest absolute Gasteiger partial charge is 0.145 e. The Hall–Kier alpha value is -2.74. The van der Waals surface area contributed by atoms with Crippen LogP contribution in [0.5, 0.6) is 0 Å². The van der Waals surface area contributed by atoms with Gasteiger partial charge in [0.25, 0.3) is 0 Å². The Morgan fingerprint density at radius 3 is 1.84 bits per heavy atom. The Morgan fingerprint density at radius 1 is 0.477 bits per heavy atom. The number of hydrogen-bond donors (Lipinski definition) is 0. The quantitative estimate of drug-likeness (QED) is 0.193. The number of hydrogen-bond acceptors (Lipinski definition) is 1. The molecule has 6 fully saturated rings. The fourth-order valence-electron chi connectivity index (χ4n) is 14.1. The van der Waals surface area contributed by atoms with Crippen LogP contribution in [0.3, 0.4) is 0 Å². The Labute approximate surface area is 261 Å². The zero-order chi connectivity index (χ0) is 28.5. The van der Waals surface area contributed by atoms with Gasteiger partial charge in [-0.05, 0) is 141 Å². The molecule has 6 aliphatic rings. The number of furan rings is 1. The average molecular weight is 582 g/mol. The zero-order valence-corrected chi connectivity index (χ0v) is 26.2. The topological polar surface area (TPSA) is 18.1 Å². The van der Waals surface area contributed by atoms with Gasteiger partial charge in [0, 0.05) is 27.7 Å². The SMILES string of the molecule is c1ccc2c(c1)oc1c2ccc2c1c1ccccc1n2C1CCC2C(C1)C1CCCC3C4CCCCC4C4CCCC2C4C31. The molecule has 11 unspecified atom stereocenters. The van der Waals surface area contributed by atoms with Gasteiger partial charge in [-0.3, -0.25) is 0 Å². The van der Waals surface area contributed by atoms with E-state index in [2.05, 4.69) is 65.2 Å². The molecule has 0 N–H and O–H groups in total. The van der Waals surface area contributed by atoms with Crippen LogP contribution in [0, 0.1) is 59.2 Å². The lowest BCUT2D eigenvalue weighted by Crippen LogP contribution is -2.61. The Morgan fingerprint density at radius 2 is 1.09 bits per heavy atom. The van der Waals surface area contributed by atoms with E-state index in [1.807, 2.05) is 0 Å². The van der Waals surface area contributed by atoms with Crippen LogP contribution < -0.4 is 0 Å². The van der Waals surface area contributed by atoms with Crippen LogP contribution in [0.25, 0.3) is 43.7 Å². The second-order valence-corrected chi connectivity index (χ2v) is 16.4. The summed E-state index contributed by atoms with van der Waals surface area (Å²) >= 11 is 0. The van der Waals surface area contributed by atoms with Crippen molar-refractivity contribution in [3.05, 3.63) is 60.7 Å². The molecule has 226 valence electrons. The highest BCUT2D eigenvalue weighted by atomic mass is 16.3. The standard InChI is InChI=1S/C42H47NO/c1-2-10-26-25(9-1)29-13-7-15-31-27-20-19-24(23-35(27)32-16-8-14-30(26)40(32)39(29)31)43-36-17-5-3-12-34(36)41-37(43)22-21-33-28-11-4-6-18-38(28)44-42(33)41/h3-6,11-12,17-18,21-22,24-27,29-32,35,39-40H,1-2,7-10,13-16,19-20,23H2. The van der Waals surface area contributed by atoms with Gasteiger partial charge in [-0.2, -0.15) is 0 Å². The molecule has 2 aromatic heterocycles. The van der Waals surface area contributed by atoms with Gasteiger partial charge in [0.1, 0.15) is 11.2 Å². The first-order valence-electron chi connectivity index (χ1n) is 18.7. The molecule has 0 aliphatic heterocycles. The number of nitrogens with zero attached hydrogens (tertiary/aromatic N) is 1.